The second kappa shape index (κ2) is 13.7. The van der Waals surface area contributed by atoms with Crippen LogP contribution in [0, 0.1) is 0 Å². The first kappa shape index (κ1) is 31.4. The summed E-state index contributed by atoms with van der Waals surface area (Å²) in [5, 5.41) is 10.2. The molecular formula is C35H40N8O2. The molecule has 0 bridgehead atoms. The topological polar surface area (TPSA) is 177 Å². The number of ketones is 1. The maximum Gasteiger partial charge on any atom is 0.248 e. The van der Waals surface area contributed by atoms with Crippen molar-refractivity contribution in [2.75, 3.05) is 6.54 Å². The molecule has 232 valence electrons. The first-order valence-corrected chi connectivity index (χ1v) is 15.1. The fourth-order valence-corrected chi connectivity index (χ4v) is 5.76. The Kier molecular flexibility index (Phi) is 9.56. The molecule has 10 heteroatoms. The molecule has 4 aromatic carbocycles. The van der Waals surface area contributed by atoms with Gasteiger partial charge in [0, 0.05) is 31.0 Å². The van der Waals surface area contributed by atoms with E-state index < -0.39 is 23.3 Å². The molecule has 1 amide bonds. The highest BCUT2D eigenvalue weighted by molar-refractivity contribution is 6.22. The molecule has 5 rings (SSSR count). The number of guanidine groups is 1. The first-order valence-electron chi connectivity index (χ1n) is 15.1. The number of nitrogens with zero attached hydrogens (tertiary/aromatic N) is 2. The second-order valence-corrected chi connectivity index (χ2v) is 11.4. The van der Waals surface area contributed by atoms with Crippen LogP contribution in [-0.2, 0) is 11.3 Å². The molecule has 0 fully saturated rings. The monoisotopic (exact) mass is 604 g/mol. The number of hydrogen-bond donors (Lipinski definition) is 6. The molecular weight excluding hydrogens is 564 g/mol. The summed E-state index contributed by atoms with van der Waals surface area (Å²) >= 11 is 0. The van der Waals surface area contributed by atoms with Crippen molar-refractivity contribution >= 4 is 39.2 Å². The molecule has 3 atom stereocenters. The van der Waals surface area contributed by atoms with E-state index >= 15 is 0 Å². The molecule has 1 unspecified atom stereocenters. The number of nitrogens with two attached hydrogens (primary N) is 3. The molecule has 10 nitrogen and oxygen atoms in total. The molecule has 1 aromatic heterocycles. The number of carbonyl (C=O) groups excluding carboxylic acids is 2. The number of fused-ring (bicyclic) bond motifs is 2. The fraction of sp³-hybridized carbons (Fsp3) is 0.257. The van der Waals surface area contributed by atoms with E-state index in [2.05, 4.69) is 25.6 Å². The van der Waals surface area contributed by atoms with E-state index in [1.165, 1.54) is 0 Å². The molecule has 0 radical (unpaired) electrons. The van der Waals surface area contributed by atoms with Gasteiger partial charge in [0.25, 0.3) is 0 Å². The van der Waals surface area contributed by atoms with Gasteiger partial charge in [0.2, 0.25) is 5.91 Å². The van der Waals surface area contributed by atoms with Crippen molar-refractivity contribution in [3.8, 4) is 0 Å². The summed E-state index contributed by atoms with van der Waals surface area (Å²) < 4.78 is 0. The van der Waals surface area contributed by atoms with E-state index in [0.29, 0.717) is 18.5 Å². The van der Waals surface area contributed by atoms with Crippen LogP contribution in [0.25, 0.3) is 21.5 Å². The second-order valence-electron chi connectivity index (χ2n) is 11.4. The Morgan fingerprint density at radius 1 is 0.911 bits per heavy atom. The number of amides is 1. The highest BCUT2D eigenvalue weighted by atomic mass is 16.2. The van der Waals surface area contributed by atoms with Crippen molar-refractivity contribution in [2.45, 2.75) is 50.9 Å². The van der Waals surface area contributed by atoms with E-state index in [9.17, 15) is 9.59 Å². The number of aliphatic imine (C=N–C) groups is 1. The van der Waals surface area contributed by atoms with Crippen molar-refractivity contribution < 1.29 is 9.59 Å². The van der Waals surface area contributed by atoms with Gasteiger partial charge in [0.1, 0.15) is 5.82 Å². The van der Waals surface area contributed by atoms with Crippen LogP contribution in [-0.4, -0.2) is 39.7 Å². The number of benzene rings is 4. The predicted octanol–water partition coefficient (Wildman–Crippen LogP) is 4.38. The zero-order chi connectivity index (χ0) is 32.0. The van der Waals surface area contributed by atoms with E-state index in [4.69, 9.17) is 17.2 Å². The van der Waals surface area contributed by atoms with E-state index in [1.807, 2.05) is 86.6 Å². The molecule has 9 N–H and O–H groups in total. The van der Waals surface area contributed by atoms with Crippen LogP contribution in [0.3, 0.4) is 0 Å². The Labute approximate surface area is 262 Å². The minimum Gasteiger partial charge on any atom is -0.370 e. The lowest BCUT2D eigenvalue weighted by Crippen LogP contribution is -2.60. The van der Waals surface area contributed by atoms with Gasteiger partial charge >= 0.3 is 0 Å². The van der Waals surface area contributed by atoms with E-state index in [1.54, 1.807) is 18.5 Å². The lowest BCUT2D eigenvalue weighted by atomic mass is 9.82. The van der Waals surface area contributed by atoms with Crippen LogP contribution in [0.15, 0.2) is 96.2 Å². The van der Waals surface area contributed by atoms with Gasteiger partial charge in [-0.2, -0.15) is 0 Å². The van der Waals surface area contributed by atoms with E-state index in [0.717, 1.165) is 38.5 Å². The van der Waals surface area contributed by atoms with Gasteiger partial charge in [-0.15, -0.1) is 0 Å². The Morgan fingerprint density at radius 3 is 2.36 bits per heavy atom. The number of imidazole rings is 1. The molecule has 5 aromatic rings. The molecule has 0 aliphatic rings. The van der Waals surface area contributed by atoms with Crippen LogP contribution < -0.4 is 27.8 Å². The summed E-state index contributed by atoms with van der Waals surface area (Å²) in [5.41, 5.74) is 18.3. The van der Waals surface area contributed by atoms with E-state index in [-0.39, 0.29) is 25.0 Å². The molecule has 1 heterocycles. The van der Waals surface area contributed by atoms with Crippen molar-refractivity contribution in [2.24, 2.45) is 22.2 Å². The van der Waals surface area contributed by atoms with Gasteiger partial charge in [0.05, 0.1) is 12.1 Å². The highest BCUT2D eigenvalue weighted by Crippen LogP contribution is 2.29. The summed E-state index contributed by atoms with van der Waals surface area (Å²) in [7, 11) is 0. The maximum atomic E-state index is 14.4. The highest BCUT2D eigenvalue weighted by Gasteiger charge is 2.43. The molecule has 0 spiro atoms. The molecule has 0 saturated heterocycles. The Balaban J connectivity index is 1.45. The van der Waals surface area contributed by atoms with Crippen LogP contribution in [0.5, 0.6) is 0 Å². The van der Waals surface area contributed by atoms with Crippen LogP contribution in [0.4, 0.5) is 0 Å². The normalized spacial score (nSPS) is 14.0. The quantitative estimate of drug-likeness (QED) is 0.0380. The molecule has 0 aliphatic carbocycles. The predicted molar refractivity (Wildman–Crippen MR) is 179 cm³/mol. The summed E-state index contributed by atoms with van der Waals surface area (Å²) in [6.07, 6.45) is 3.90. The number of nitrogens with one attached hydrogen (secondary N) is 3. The third-order valence-corrected chi connectivity index (χ3v) is 8.26. The van der Waals surface area contributed by atoms with Gasteiger partial charge in [-0.05, 0) is 59.4 Å². The Hall–Kier alpha value is -5.06. The first-order chi connectivity index (χ1) is 21.7. The number of Topliss-reactive ketones (excluding diaryl/α,β-unsaturated/α-hetero) is 1. The smallest absolute Gasteiger partial charge is 0.248 e. The SMILES string of the molecule is CC(NCc1ccc(C(=O)[C@](N)(CCCN=C(N)N)C(=O)N[C@@H](C)c2cccc3ccccc23)c2ccccc12)c1ncc[nH]1. The molecule has 0 saturated carbocycles. The van der Waals surface area contributed by atoms with Gasteiger partial charge in [0.15, 0.2) is 17.3 Å². The number of aromatic amines is 1. The average Bonchev–Trinajstić information content (AvgIpc) is 3.60. The third-order valence-electron chi connectivity index (χ3n) is 8.26. The lowest BCUT2D eigenvalue weighted by molar-refractivity contribution is -0.125. The number of rotatable bonds is 13. The number of carbonyl (C=O) groups is 2. The average molecular weight is 605 g/mol. The standard InChI is InChI=1S/C35H40N8O2/c1-22(26-14-7-10-24-9-3-4-11-27(24)26)43-33(45)35(38,17-8-18-41-34(36)37)31(44)30-16-15-25(28-12-5-6-13-29(28)30)21-42-23(2)32-39-19-20-40-32/h3-7,9-16,19-20,22-23,42H,8,17-18,21,38H2,1-2H3,(H,39,40)(H,43,45)(H4,36,37,41)/t22-,23?,35+/m0/s1. The number of hydrogen-bond acceptors (Lipinski definition) is 6. The Bertz CT molecular complexity index is 1830. The number of H-pyrrole nitrogens is 1. The minimum atomic E-state index is -1.87. The maximum absolute atomic E-state index is 14.4. The minimum absolute atomic E-state index is 0.00519. The molecule has 45 heavy (non-hydrogen) atoms. The van der Waals surface area contributed by atoms with Crippen molar-refractivity contribution in [1.29, 1.82) is 0 Å². The van der Waals surface area contributed by atoms with Gasteiger partial charge in [-0.25, -0.2) is 4.98 Å². The van der Waals surface area contributed by atoms with Crippen LogP contribution in [0.2, 0.25) is 0 Å². The van der Waals surface area contributed by atoms with Gasteiger partial charge in [-0.3, -0.25) is 14.6 Å². The van der Waals surface area contributed by atoms with Crippen molar-refractivity contribution in [3.05, 3.63) is 114 Å². The zero-order valence-electron chi connectivity index (χ0n) is 25.6. The van der Waals surface area contributed by atoms with Crippen molar-refractivity contribution in [1.82, 2.24) is 20.6 Å². The zero-order valence-corrected chi connectivity index (χ0v) is 25.6. The van der Waals surface area contributed by atoms with Crippen LogP contribution in [0.1, 0.15) is 66.1 Å². The largest absolute Gasteiger partial charge is 0.370 e. The van der Waals surface area contributed by atoms with Crippen LogP contribution >= 0.6 is 0 Å². The number of aromatic nitrogens is 2. The summed E-state index contributed by atoms with van der Waals surface area (Å²) in [6, 6.07) is 24.9. The summed E-state index contributed by atoms with van der Waals surface area (Å²) in [5.74, 6) is -0.243. The molecule has 0 aliphatic heterocycles. The summed E-state index contributed by atoms with van der Waals surface area (Å²) in [4.78, 5) is 40.0. The third kappa shape index (κ3) is 6.87. The summed E-state index contributed by atoms with van der Waals surface area (Å²) in [6.45, 7) is 4.71. The fourth-order valence-electron chi connectivity index (χ4n) is 5.76. The Morgan fingerprint density at radius 2 is 1.62 bits per heavy atom. The van der Waals surface area contributed by atoms with Gasteiger partial charge in [-0.1, -0.05) is 78.9 Å². The van der Waals surface area contributed by atoms with Gasteiger partial charge < -0.3 is 32.8 Å². The lowest BCUT2D eigenvalue weighted by Gasteiger charge is -2.29. The van der Waals surface area contributed by atoms with Crippen molar-refractivity contribution in [3.63, 3.8) is 0 Å².